The molecule has 1 heteroatoms. The maximum absolute atomic E-state index is 3.67. The minimum Gasteiger partial charge on any atom is -0.358 e. The van der Waals surface area contributed by atoms with Gasteiger partial charge in [-0.2, -0.15) is 0 Å². The zero-order valence-corrected chi connectivity index (χ0v) is 10.9. The molecule has 19 heavy (non-hydrogen) atoms. The number of hydrogen-bond donors (Lipinski definition) is 1. The molecular formula is C18H17N. The van der Waals surface area contributed by atoms with E-state index in [9.17, 15) is 0 Å². The first kappa shape index (κ1) is 10.9. The van der Waals surface area contributed by atoms with Crippen LogP contribution in [0.25, 0.3) is 0 Å². The van der Waals surface area contributed by atoms with Crippen molar-refractivity contribution in [2.45, 2.75) is 19.3 Å². The lowest BCUT2D eigenvalue weighted by atomic mass is 9.83. The molecule has 3 aliphatic rings. The van der Waals surface area contributed by atoms with Gasteiger partial charge in [0.15, 0.2) is 0 Å². The van der Waals surface area contributed by atoms with E-state index in [1.165, 1.54) is 28.1 Å². The van der Waals surface area contributed by atoms with Gasteiger partial charge in [0, 0.05) is 17.3 Å². The number of benzene rings is 1. The number of para-hydroxylation sites is 1. The predicted octanol–water partition coefficient (Wildman–Crippen LogP) is 4.37. The summed E-state index contributed by atoms with van der Waals surface area (Å²) in [5.41, 5.74) is 7.10. The minimum atomic E-state index is 0.557. The third-order valence-corrected chi connectivity index (χ3v) is 4.29. The van der Waals surface area contributed by atoms with Gasteiger partial charge >= 0.3 is 0 Å². The normalized spacial score (nSPS) is 23.8. The molecule has 4 rings (SSSR count). The van der Waals surface area contributed by atoms with Crippen LogP contribution in [0.3, 0.4) is 0 Å². The summed E-state index contributed by atoms with van der Waals surface area (Å²) in [6.07, 6.45) is 14.7. The summed E-state index contributed by atoms with van der Waals surface area (Å²) in [4.78, 5) is 0. The fraction of sp³-hybridized carbons (Fsp3) is 0.222. The van der Waals surface area contributed by atoms with Crippen LogP contribution in [0.1, 0.15) is 18.4 Å². The van der Waals surface area contributed by atoms with Crippen molar-refractivity contribution in [2.75, 3.05) is 5.32 Å². The second kappa shape index (κ2) is 4.27. The molecule has 1 unspecified atom stereocenters. The number of anilines is 1. The van der Waals surface area contributed by atoms with Crippen molar-refractivity contribution in [2.24, 2.45) is 5.92 Å². The number of fused-ring (bicyclic) bond motifs is 2. The molecule has 1 atom stereocenters. The van der Waals surface area contributed by atoms with E-state index in [4.69, 9.17) is 0 Å². The lowest BCUT2D eigenvalue weighted by molar-refractivity contribution is 0.732. The van der Waals surface area contributed by atoms with E-state index in [-0.39, 0.29) is 0 Å². The highest BCUT2D eigenvalue weighted by atomic mass is 14.9. The second-order valence-electron chi connectivity index (χ2n) is 5.48. The van der Waals surface area contributed by atoms with Gasteiger partial charge in [0.05, 0.1) is 0 Å². The van der Waals surface area contributed by atoms with Crippen LogP contribution >= 0.6 is 0 Å². The lowest BCUT2D eigenvalue weighted by Gasteiger charge is -2.26. The third kappa shape index (κ3) is 1.86. The second-order valence-corrected chi connectivity index (χ2v) is 5.48. The first-order valence-electron chi connectivity index (χ1n) is 7.03. The van der Waals surface area contributed by atoms with E-state index in [1.54, 1.807) is 0 Å². The molecule has 1 heterocycles. The van der Waals surface area contributed by atoms with Gasteiger partial charge in [0.2, 0.25) is 0 Å². The smallest absolute Gasteiger partial charge is 0.0414 e. The molecule has 0 bridgehead atoms. The predicted molar refractivity (Wildman–Crippen MR) is 79.9 cm³/mol. The van der Waals surface area contributed by atoms with Gasteiger partial charge in [-0.05, 0) is 42.0 Å². The molecular weight excluding hydrogens is 230 g/mol. The standard InChI is InChI=1S/C18H17N/c1-2-7-15-12-18-16(11-14(15)6-1)10-9-13-5-3-4-8-17(13)19-18/h1-8,11,15,19H,9-10,12H2. The molecule has 1 nitrogen and oxygen atoms in total. The molecule has 0 amide bonds. The van der Waals surface area contributed by atoms with Gasteiger partial charge in [0.1, 0.15) is 0 Å². The molecule has 94 valence electrons. The summed E-state index contributed by atoms with van der Waals surface area (Å²) in [7, 11) is 0. The van der Waals surface area contributed by atoms with Gasteiger partial charge in [-0.1, -0.05) is 48.6 Å². The molecule has 0 aromatic heterocycles. The highest BCUT2D eigenvalue weighted by Gasteiger charge is 2.23. The maximum Gasteiger partial charge on any atom is 0.0414 e. The van der Waals surface area contributed by atoms with Gasteiger partial charge in [-0.15, -0.1) is 0 Å². The number of nitrogens with one attached hydrogen (secondary N) is 1. The number of aryl methyl sites for hydroxylation is 1. The maximum atomic E-state index is 3.67. The van der Waals surface area contributed by atoms with Crippen molar-refractivity contribution in [3.05, 3.63) is 77.1 Å². The summed E-state index contributed by atoms with van der Waals surface area (Å²) >= 11 is 0. The number of rotatable bonds is 0. The molecule has 0 saturated heterocycles. The van der Waals surface area contributed by atoms with Crippen molar-refractivity contribution in [3.63, 3.8) is 0 Å². The molecule has 2 aliphatic carbocycles. The Morgan fingerprint density at radius 1 is 1.05 bits per heavy atom. The summed E-state index contributed by atoms with van der Waals surface area (Å²) in [5.74, 6) is 0.557. The van der Waals surface area contributed by atoms with E-state index >= 15 is 0 Å². The molecule has 1 aromatic rings. The molecule has 1 N–H and O–H groups in total. The average molecular weight is 247 g/mol. The van der Waals surface area contributed by atoms with E-state index in [0.717, 1.165) is 19.3 Å². The Bertz CT molecular complexity index is 643. The van der Waals surface area contributed by atoms with Crippen LogP contribution in [-0.2, 0) is 6.42 Å². The zero-order valence-electron chi connectivity index (χ0n) is 10.9. The lowest BCUT2D eigenvalue weighted by Crippen LogP contribution is -2.14. The molecule has 1 aliphatic heterocycles. The monoisotopic (exact) mass is 247 g/mol. The molecule has 1 aromatic carbocycles. The fourth-order valence-electron chi connectivity index (χ4n) is 3.23. The van der Waals surface area contributed by atoms with Crippen LogP contribution in [0.2, 0.25) is 0 Å². The van der Waals surface area contributed by atoms with Crippen LogP contribution in [0.15, 0.2) is 71.5 Å². The molecule has 0 radical (unpaired) electrons. The Balaban J connectivity index is 1.74. The molecule has 0 fully saturated rings. The molecule has 0 saturated carbocycles. The zero-order chi connectivity index (χ0) is 12.7. The summed E-state index contributed by atoms with van der Waals surface area (Å²) in [6.45, 7) is 0. The largest absolute Gasteiger partial charge is 0.358 e. The van der Waals surface area contributed by atoms with Crippen molar-refractivity contribution in [1.29, 1.82) is 0 Å². The first-order chi connectivity index (χ1) is 9.40. The van der Waals surface area contributed by atoms with E-state index in [2.05, 4.69) is 60.0 Å². The van der Waals surface area contributed by atoms with Crippen LogP contribution in [0.4, 0.5) is 5.69 Å². The minimum absolute atomic E-state index is 0.557. The number of hydrogen-bond acceptors (Lipinski definition) is 1. The van der Waals surface area contributed by atoms with Crippen molar-refractivity contribution < 1.29 is 0 Å². The SMILES string of the molecule is C1=CC2=CC3=C(CC2C=C1)Nc1ccccc1CC3. The van der Waals surface area contributed by atoms with Gasteiger partial charge in [-0.25, -0.2) is 0 Å². The van der Waals surface area contributed by atoms with Gasteiger partial charge < -0.3 is 5.32 Å². The van der Waals surface area contributed by atoms with E-state index in [1.807, 2.05) is 0 Å². The van der Waals surface area contributed by atoms with Gasteiger partial charge in [0.25, 0.3) is 0 Å². The topological polar surface area (TPSA) is 12.0 Å². The van der Waals surface area contributed by atoms with Crippen molar-refractivity contribution in [1.82, 2.24) is 0 Å². The van der Waals surface area contributed by atoms with E-state index in [0.29, 0.717) is 5.92 Å². The Kier molecular flexibility index (Phi) is 2.44. The Morgan fingerprint density at radius 3 is 3.00 bits per heavy atom. The van der Waals surface area contributed by atoms with Gasteiger partial charge in [-0.3, -0.25) is 0 Å². The Morgan fingerprint density at radius 2 is 2.00 bits per heavy atom. The van der Waals surface area contributed by atoms with Crippen molar-refractivity contribution in [3.8, 4) is 0 Å². The highest BCUT2D eigenvalue weighted by Crippen LogP contribution is 2.37. The highest BCUT2D eigenvalue weighted by molar-refractivity contribution is 5.60. The van der Waals surface area contributed by atoms with Crippen LogP contribution in [-0.4, -0.2) is 0 Å². The van der Waals surface area contributed by atoms with Crippen LogP contribution < -0.4 is 5.32 Å². The summed E-state index contributed by atoms with van der Waals surface area (Å²) < 4.78 is 0. The van der Waals surface area contributed by atoms with E-state index < -0.39 is 0 Å². The Hall–Kier alpha value is -2.02. The summed E-state index contributed by atoms with van der Waals surface area (Å²) in [5, 5.41) is 3.67. The molecule has 0 spiro atoms. The van der Waals surface area contributed by atoms with Crippen molar-refractivity contribution >= 4 is 5.69 Å². The quantitative estimate of drug-likeness (QED) is 0.717. The number of allylic oxidation sites excluding steroid dienone is 8. The van der Waals surface area contributed by atoms with Crippen LogP contribution in [0.5, 0.6) is 0 Å². The van der Waals surface area contributed by atoms with Crippen LogP contribution in [0, 0.1) is 5.92 Å². The fourth-order valence-corrected chi connectivity index (χ4v) is 3.23. The third-order valence-electron chi connectivity index (χ3n) is 4.29. The average Bonchev–Trinajstić information content (AvgIpc) is 2.63. The summed E-state index contributed by atoms with van der Waals surface area (Å²) in [6, 6.07) is 8.68. The Labute approximate surface area is 114 Å². The first-order valence-corrected chi connectivity index (χ1v) is 7.03.